The van der Waals surface area contributed by atoms with Crippen molar-refractivity contribution in [2.24, 2.45) is 33.8 Å². The summed E-state index contributed by atoms with van der Waals surface area (Å²) in [5.74, 6) is -5.70. The van der Waals surface area contributed by atoms with Crippen molar-refractivity contribution in [1.82, 2.24) is 52.5 Å². The Balaban J connectivity index is 1.84. The lowest BCUT2D eigenvalue weighted by molar-refractivity contribution is -0.136. The van der Waals surface area contributed by atoms with Crippen LogP contribution in [0, 0.1) is 5.92 Å². The van der Waals surface area contributed by atoms with Gasteiger partial charge in [-0.25, -0.2) is 4.98 Å². The third-order valence-corrected chi connectivity index (χ3v) is 10.3. The molecule has 0 unspecified atom stereocenters. The number of amides is 8. The topological polar surface area (TPSA) is 378 Å². The number of rotatable bonds is 22. The van der Waals surface area contributed by atoms with E-state index in [0.717, 1.165) is 5.56 Å². The van der Waals surface area contributed by atoms with Crippen LogP contribution in [-0.4, -0.2) is 132 Å². The van der Waals surface area contributed by atoms with E-state index in [-0.39, 0.29) is 69.9 Å². The lowest BCUT2D eigenvalue weighted by Crippen LogP contribution is -2.60. The van der Waals surface area contributed by atoms with Crippen molar-refractivity contribution in [3.05, 3.63) is 54.1 Å². The predicted octanol–water partition coefficient (Wildman–Crippen LogP) is -3.68. The van der Waals surface area contributed by atoms with Gasteiger partial charge >= 0.3 is 0 Å². The number of carbonyl (C=O) groups is 8. The standard InChI is InChI=1S/C42H67N15O8/c1-24(2)18-32-41(65)57-33(19-26-10-5-4-6-11-26)37(61)50-22-34(58)48-17-14-31(40(64)56-32)55-39(63)30(13-9-16-49-42(45)46)54-38(62)29(12-7-8-15-43)53-35(59)25(3)52-36(60)28(44)20-27-21-47-23-51-27/h4-6,10-11,21,23-25,28-33H,7-9,12-20,22,43-44H2,1-3H3,(H,47,51)(H,48,58)(H,50,61)(H,52,60)(H,53,59)(H,54,62)(H,55,63)(H,56,64)(H,57,65)(H4,45,46,49)/t25-,28-,29-,30-,31-,32-,33-/m0/s1. The SMILES string of the molecule is CC(C)C[C@@H]1NC(=O)[C@@H](NC(=O)[C@H](CCCN=C(N)N)NC(=O)[C@H](CCCCN)NC(=O)[C@H](C)NC(=O)[C@@H](N)Cc2cnc[nH]2)CCNC(=O)CNC(=O)[C@H](Cc2ccccc2)NC1=O. The summed E-state index contributed by atoms with van der Waals surface area (Å²) < 4.78 is 0. The van der Waals surface area contributed by atoms with E-state index < -0.39 is 96.1 Å². The number of nitrogens with zero attached hydrogens (tertiary/aromatic N) is 2. The summed E-state index contributed by atoms with van der Waals surface area (Å²) in [7, 11) is 0. The number of nitrogens with two attached hydrogens (primary N) is 4. The van der Waals surface area contributed by atoms with Gasteiger partial charge in [-0.3, -0.25) is 43.3 Å². The Morgan fingerprint density at radius 1 is 0.815 bits per heavy atom. The number of imidazole rings is 1. The Morgan fingerprint density at radius 3 is 2.15 bits per heavy atom. The highest BCUT2D eigenvalue weighted by Gasteiger charge is 2.34. The average Bonchev–Trinajstić information content (AvgIpc) is 3.78. The molecule has 0 bridgehead atoms. The maximum Gasteiger partial charge on any atom is 0.243 e. The summed E-state index contributed by atoms with van der Waals surface area (Å²) in [6.07, 6.45) is 4.46. The summed E-state index contributed by atoms with van der Waals surface area (Å²) in [5, 5.41) is 21.3. The summed E-state index contributed by atoms with van der Waals surface area (Å²) in [6.45, 7) is 4.99. The molecule has 1 aromatic heterocycles. The van der Waals surface area contributed by atoms with Crippen LogP contribution in [0.4, 0.5) is 0 Å². The Morgan fingerprint density at radius 2 is 1.49 bits per heavy atom. The zero-order chi connectivity index (χ0) is 47.9. The molecule has 17 N–H and O–H groups in total. The molecule has 1 aliphatic heterocycles. The van der Waals surface area contributed by atoms with Gasteiger partial charge in [0.2, 0.25) is 47.3 Å². The zero-order valence-corrected chi connectivity index (χ0v) is 37.3. The summed E-state index contributed by atoms with van der Waals surface area (Å²) in [6, 6.07) is 0.816. The second-order valence-electron chi connectivity index (χ2n) is 16.3. The fourth-order valence-corrected chi connectivity index (χ4v) is 6.77. The van der Waals surface area contributed by atoms with Gasteiger partial charge in [-0.1, -0.05) is 44.2 Å². The van der Waals surface area contributed by atoms with E-state index in [1.807, 2.05) is 19.9 Å². The molecule has 3 rings (SSSR count). The van der Waals surface area contributed by atoms with Crippen molar-refractivity contribution in [1.29, 1.82) is 0 Å². The molecule has 2 heterocycles. The minimum atomic E-state index is -1.33. The first-order valence-corrected chi connectivity index (χ1v) is 21.9. The molecule has 7 atom stereocenters. The maximum atomic E-state index is 14.2. The summed E-state index contributed by atoms with van der Waals surface area (Å²) in [5.41, 5.74) is 24.1. The van der Waals surface area contributed by atoms with Gasteiger partial charge in [-0.05, 0) is 69.9 Å². The smallest absolute Gasteiger partial charge is 0.243 e. The van der Waals surface area contributed by atoms with Crippen molar-refractivity contribution in [3.8, 4) is 0 Å². The molecule has 2 aromatic rings. The van der Waals surface area contributed by atoms with Crippen LogP contribution in [0.25, 0.3) is 0 Å². The van der Waals surface area contributed by atoms with Gasteiger partial charge in [0.15, 0.2) is 5.96 Å². The first-order valence-electron chi connectivity index (χ1n) is 21.9. The molecule has 0 saturated carbocycles. The molecule has 1 aliphatic rings. The Bertz CT molecular complexity index is 1910. The molecular weight excluding hydrogens is 843 g/mol. The van der Waals surface area contributed by atoms with Gasteiger partial charge in [0.05, 0.1) is 18.9 Å². The largest absolute Gasteiger partial charge is 0.370 e. The van der Waals surface area contributed by atoms with Crippen LogP contribution in [0.15, 0.2) is 47.8 Å². The molecule has 358 valence electrons. The number of hydrogen-bond donors (Lipinski definition) is 13. The minimum Gasteiger partial charge on any atom is -0.370 e. The number of hydrogen-bond acceptors (Lipinski definition) is 12. The number of aromatic amines is 1. The lowest BCUT2D eigenvalue weighted by atomic mass is 10.00. The van der Waals surface area contributed by atoms with Crippen molar-refractivity contribution < 1.29 is 38.4 Å². The van der Waals surface area contributed by atoms with E-state index in [1.165, 1.54) is 19.4 Å². The van der Waals surface area contributed by atoms with Crippen LogP contribution in [0.3, 0.4) is 0 Å². The normalized spacial score (nSPS) is 19.1. The predicted molar refractivity (Wildman–Crippen MR) is 241 cm³/mol. The van der Waals surface area contributed by atoms with Crippen LogP contribution in [0.2, 0.25) is 0 Å². The first kappa shape index (κ1) is 52.7. The molecule has 0 spiro atoms. The maximum absolute atomic E-state index is 14.2. The molecule has 65 heavy (non-hydrogen) atoms. The number of unbranched alkanes of at least 4 members (excludes halogenated alkanes) is 1. The highest BCUT2D eigenvalue weighted by molar-refractivity contribution is 5.97. The monoisotopic (exact) mass is 910 g/mol. The number of aliphatic imine (C=N–C) groups is 1. The third kappa shape index (κ3) is 19.3. The van der Waals surface area contributed by atoms with Gasteiger partial charge in [0.1, 0.15) is 36.3 Å². The molecular formula is C42H67N15O8. The summed E-state index contributed by atoms with van der Waals surface area (Å²) in [4.78, 5) is 119. The van der Waals surface area contributed by atoms with Gasteiger partial charge in [-0.2, -0.15) is 0 Å². The third-order valence-electron chi connectivity index (χ3n) is 10.3. The van der Waals surface area contributed by atoms with Crippen LogP contribution in [0.5, 0.6) is 0 Å². The molecule has 1 fully saturated rings. The quantitative estimate of drug-likeness (QED) is 0.0308. The molecule has 1 aromatic carbocycles. The van der Waals surface area contributed by atoms with Crippen molar-refractivity contribution >= 4 is 53.2 Å². The lowest BCUT2D eigenvalue weighted by Gasteiger charge is -2.28. The van der Waals surface area contributed by atoms with Gasteiger partial charge in [0.25, 0.3) is 0 Å². The number of guanidine groups is 1. The van der Waals surface area contributed by atoms with Crippen LogP contribution in [0.1, 0.15) is 77.0 Å². The van der Waals surface area contributed by atoms with E-state index >= 15 is 0 Å². The number of H-pyrrole nitrogens is 1. The van der Waals surface area contributed by atoms with E-state index in [1.54, 1.807) is 24.3 Å². The second-order valence-corrected chi connectivity index (χ2v) is 16.3. The zero-order valence-electron chi connectivity index (χ0n) is 37.3. The van der Waals surface area contributed by atoms with Gasteiger partial charge in [-0.15, -0.1) is 0 Å². The molecule has 23 nitrogen and oxygen atoms in total. The van der Waals surface area contributed by atoms with Crippen LogP contribution < -0.4 is 65.5 Å². The van der Waals surface area contributed by atoms with Gasteiger partial charge < -0.3 is 70.5 Å². The fourth-order valence-electron chi connectivity index (χ4n) is 6.77. The molecule has 23 heteroatoms. The fraction of sp³-hybridized carbons (Fsp3) is 0.571. The molecule has 1 saturated heterocycles. The number of benzene rings is 1. The van der Waals surface area contributed by atoms with Gasteiger partial charge in [0, 0.05) is 37.8 Å². The molecule has 0 radical (unpaired) electrons. The van der Waals surface area contributed by atoms with Crippen LogP contribution >= 0.6 is 0 Å². The van der Waals surface area contributed by atoms with E-state index in [2.05, 4.69) is 57.5 Å². The Hall–Kier alpha value is -6.62. The first-order chi connectivity index (χ1) is 31.0. The minimum absolute atomic E-state index is 0.0234. The van der Waals surface area contributed by atoms with Crippen molar-refractivity contribution in [3.63, 3.8) is 0 Å². The summed E-state index contributed by atoms with van der Waals surface area (Å²) >= 11 is 0. The van der Waals surface area contributed by atoms with Crippen LogP contribution in [-0.2, 0) is 51.2 Å². The van der Waals surface area contributed by atoms with E-state index in [0.29, 0.717) is 25.1 Å². The Labute approximate surface area is 378 Å². The number of aromatic nitrogens is 2. The second kappa shape index (κ2) is 27.5. The molecule has 8 amide bonds. The number of nitrogens with one attached hydrogen (secondary N) is 9. The highest BCUT2D eigenvalue weighted by atomic mass is 16.2. The van der Waals surface area contributed by atoms with Crippen molar-refractivity contribution in [2.75, 3.05) is 26.2 Å². The number of carbonyl (C=O) groups excluding carboxylic acids is 8. The van der Waals surface area contributed by atoms with E-state index in [4.69, 9.17) is 22.9 Å². The average molecular weight is 910 g/mol. The van der Waals surface area contributed by atoms with Crippen molar-refractivity contribution in [2.45, 2.75) is 121 Å². The molecule has 0 aliphatic carbocycles. The highest BCUT2D eigenvalue weighted by Crippen LogP contribution is 2.11. The van der Waals surface area contributed by atoms with E-state index in [9.17, 15) is 38.4 Å². The Kier molecular flexibility index (Phi) is 22.3.